The molecule has 2 aromatic rings. The topological polar surface area (TPSA) is 55.2 Å². The first-order valence-corrected chi connectivity index (χ1v) is 10.8. The predicted molar refractivity (Wildman–Crippen MR) is 104 cm³/mol. The van der Waals surface area contributed by atoms with Gasteiger partial charge in [-0.3, -0.25) is 4.68 Å². The fraction of sp³-hybridized carbons (Fsp3) is 0.550. The van der Waals surface area contributed by atoms with E-state index in [4.69, 9.17) is 0 Å². The van der Waals surface area contributed by atoms with Crippen molar-refractivity contribution in [3.05, 3.63) is 47.0 Å². The Labute approximate surface area is 161 Å². The largest absolute Gasteiger partial charge is 0.263 e. The van der Waals surface area contributed by atoms with Crippen molar-refractivity contribution in [1.29, 1.82) is 0 Å². The van der Waals surface area contributed by atoms with E-state index in [-0.39, 0.29) is 17.4 Å². The average molecular weight is 394 g/mol. The summed E-state index contributed by atoms with van der Waals surface area (Å²) in [6.45, 7) is 9.92. The first-order valence-electron chi connectivity index (χ1n) is 9.35. The number of sulfonamides is 1. The molecule has 0 N–H and O–H groups in total. The molecule has 0 amide bonds. The van der Waals surface area contributed by atoms with Gasteiger partial charge >= 0.3 is 0 Å². The van der Waals surface area contributed by atoms with Crippen LogP contribution in [-0.4, -0.2) is 35.1 Å². The molecule has 0 radical (unpaired) electrons. The summed E-state index contributed by atoms with van der Waals surface area (Å²) >= 11 is 0. The van der Waals surface area contributed by atoms with E-state index in [1.807, 2.05) is 33.8 Å². The van der Waals surface area contributed by atoms with Gasteiger partial charge < -0.3 is 0 Å². The Bertz CT molecular complexity index is 941. The van der Waals surface area contributed by atoms with Crippen LogP contribution in [0.25, 0.3) is 0 Å². The van der Waals surface area contributed by atoms with Crippen LogP contribution in [0.1, 0.15) is 50.6 Å². The van der Waals surface area contributed by atoms with E-state index in [0.29, 0.717) is 29.2 Å². The normalized spacial score (nSPS) is 15.5. The summed E-state index contributed by atoms with van der Waals surface area (Å²) in [5.41, 5.74) is 1.69. The SMILES string of the molecule is Cc1nn(C(C)(C)C)c(C)c1S(=O)(=O)N(CCc1cccc(F)c1)C1CC1. The van der Waals surface area contributed by atoms with E-state index < -0.39 is 10.0 Å². The smallest absolute Gasteiger partial charge is 0.247 e. The molecular formula is C20H28FN3O2S. The van der Waals surface area contributed by atoms with E-state index in [9.17, 15) is 12.8 Å². The van der Waals surface area contributed by atoms with Crippen molar-refractivity contribution in [2.45, 2.75) is 70.4 Å². The third-order valence-electron chi connectivity index (χ3n) is 4.89. The molecule has 1 aromatic heterocycles. The van der Waals surface area contributed by atoms with Crippen LogP contribution in [0.3, 0.4) is 0 Å². The monoisotopic (exact) mass is 393 g/mol. The van der Waals surface area contributed by atoms with Crippen LogP contribution in [0.2, 0.25) is 0 Å². The third kappa shape index (κ3) is 4.09. The molecule has 27 heavy (non-hydrogen) atoms. The van der Waals surface area contributed by atoms with Gasteiger partial charge in [0.2, 0.25) is 10.0 Å². The number of halogens is 1. The molecule has 1 heterocycles. The zero-order valence-corrected chi connectivity index (χ0v) is 17.5. The first-order chi connectivity index (χ1) is 12.5. The minimum absolute atomic E-state index is 0.0281. The molecule has 0 atom stereocenters. The van der Waals surface area contributed by atoms with Crippen LogP contribution in [0.5, 0.6) is 0 Å². The lowest BCUT2D eigenvalue weighted by Gasteiger charge is -2.24. The number of benzene rings is 1. The fourth-order valence-electron chi connectivity index (χ4n) is 3.57. The summed E-state index contributed by atoms with van der Waals surface area (Å²) in [6.07, 6.45) is 2.22. The highest BCUT2D eigenvalue weighted by atomic mass is 32.2. The van der Waals surface area contributed by atoms with Crippen molar-refractivity contribution >= 4 is 10.0 Å². The number of rotatable bonds is 6. The summed E-state index contributed by atoms with van der Waals surface area (Å²) in [5.74, 6) is -0.300. The van der Waals surface area contributed by atoms with Gasteiger partial charge in [0.1, 0.15) is 10.7 Å². The van der Waals surface area contributed by atoms with Gasteiger partial charge in [-0.1, -0.05) is 12.1 Å². The zero-order chi connectivity index (χ0) is 20.0. The Morgan fingerprint density at radius 2 is 1.93 bits per heavy atom. The average Bonchev–Trinajstić information content (AvgIpc) is 3.31. The number of hydrogen-bond acceptors (Lipinski definition) is 3. The summed E-state index contributed by atoms with van der Waals surface area (Å²) in [5, 5.41) is 4.50. The molecule has 148 valence electrons. The maximum atomic E-state index is 13.5. The first kappa shape index (κ1) is 20.0. The van der Waals surface area contributed by atoms with Crippen molar-refractivity contribution in [3.63, 3.8) is 0 Å². The number of aryl methyl sites for hydroxylation is 1. The van der Waals surface area contributed by atoms with Crippen LogP contribution in [0, 0.1) is 19.7 Å². The lowest BCUT2D eigenvalue weighted by Crippen LogP contribution is -2.35. The molecule has 0 bridgehead atoms. The molecule has 0 unspecified atom stereocenters. The maximum Gasteiger partial charge on any atom is 0.247 e. The Hall–Kier alpha value is -1.73. The molecule has 7 heteroatoms. The Morgan fingerprint density at radius 3 is 2.44 bits per heavy atom. The highest BCUT2D eigenvalue weighted by Gasteiger charge is 2.40. The standard InChI is InChI=1S/C20H28FN3O2S/c1-14-19(15(2)24(22-14)20(3,4)5)27(25,26)23(18-9-10-18)12-11-16-7-6-8-17(21)13-16/h6-8,13,18H,9-12H2,1-5H3. The van der Waals surface area contributed by atoms with Gasteiger partial charge in [-0.25, -0.2) is 12.8 Å². The van der Waals surface area contributed by atoms with E-state index in [1.54, 1.807) is 22.0 Å². The third-order valence-corrected chi connectivity index (χ3v) is 7.10. The van der Waals surface area contributed by atoms with Gasteiger partial charge in [-0.2, -0.15) is 9.40 Å². The van der Waals surface area contributed by atoms with Crippen molar-refractivity contribution in [1.82, 2.24) is 14.1 Å². The molecule has 0 spiro atoms. The molecule has 5 nitrogen and oxygen atoms in total. The molecule has 1 aromatic carbocycles. The quantitative estimate of drug-likeness (QED) is 0.750. The zero-order valence-electron chi connectivity index (χ0n) is 16.7. The van der Waals surface area contributed by atoms with E-state index in [2.05, 4.69) is 5.10 Å². The van der Waals surface area contributed by atoms with E-state index in [0.717, 1.165) is 18.4 Å². The molecule has 1 aliphatic rings. The van der Waals surface area contributed by atoms with E-state index in [1.165, 1.54) is 12.1 Å². The van der Waals surface area contributed by atoms with E-state index >= 15 is 0 Å². The van der Waals surface area contributed by atoms with Gasteiger partial charge in [0.15, 0.2) is 0 Å². The molecule has 1 aliphatic carbocycles. The van der Waals surface area contributed by atoms with Crippen LogP contribution in [0.4, 0.5) is 4.39 Å². The van der Waals surface area contributed by atoms with Gasteiger partial charge in [-0.15, -0.1) is 0 Å². The number of nitrogens with zero attached hydrogens (tertiary/aromatic N) is 3. The highest BCUT2D eigenvalue weighted by Crippen LogP contribution is 2.35. The van der Waals surface area contributed by atoms with Crippen LogP contribution in [-0.2, 0) is 22.0 Å². The van der Waals surface area contributed by atoms with Gasteiger partial charge in [0.05, 0.1) is 16.9 Å². The molecule has 1 saturated carbocycles. The molecule has 0 saturated heterocycles. The Morgan fingerprint density at radius 1 is 1.26 bits per heavy atom. The van der Waals surface area contributed by atoms with Crippen LogP contribution in [0.15, 0.2) is 29.2 Å². The summed E-state index contributed by atoms with van der Waals surface area (Å²) in [4.78, 5) is 0.309. The van der Waals surface area contributed by atoms with Gasteiger partial charge in [0, 0.05) is 12.6 Å². The molecule has 0 aliphatic heterocycles. The molecule has 1 fully saturated rings. The molecular weight excluding hydrogens is 365 g/mol. The lowest BCUT2D eigenvalue weighted by atomic mass is 10.1. The Balaban J connectivity index is 1.92. The second-order valence-corrected chi connectivity index (χ2v) is 10.1. The van der Waals surface area contributed by atoms with Gasteiger partial charge in [-0.05, 0) is 71.6 Å². The van der Waals surface area contributed by atoms with Crippen LogP contribution < -0.4 is 0 Å². The number of aromatic nitrogens is 2. The van der Waals surface area contributed by atoms with Crippen molar-refractivity contribution in [2.75, 3.05) is 6.54 Å². The van der Waals surface area contributed by atoms with Gasteiger partial charge in [0.25, 0.3) is 0 Å². The minimum atomic E-state index is -3.66. The number of hydrogen-bond donors (Lipinski definition) is 0. The lowest BCUT2D eigenvalue weighted by molar-refractivity contribution is 0.345. The van der Waals surface area contributed by atoms with Crippen molar-refractivity contribution in [3.8, 4) is 0 Å². The predicted octanol–water partition coefficient (Wildman–Crippen LogP) is 3.79. The van der Waals surface area contributed by atoms with Crippen molar-refractivity contribution in [2.24, 2.45) is 0 Å². The highest BCUT2D eigenvalue weighted by molar-refractivity contribution is 7.89. The molecule has 3 rings (SSSR count). The summed E-state index contributed by atoms with van der Waals surface area (Å²) < 4.78 is 43.8. The fourth-order valence-corrected chi connectivity index (χ4v) is 5.61. The second kappa shape index (κ2) is 7.02. The summed E-state index contributed by atoms with van der Waals surface area (Å²) in [6, 6.07) is 6.37. The van der Waals surface area contributed by atoms with Crippen LogP contribution >= 0.6 is 0 Å². The summed E-state index contributed by atoms with van der Waals surface area (Å²) in [7, 11) is -3.66. The second-order valence-electron chi connectivity index (χ2n) is 8.31. The minimum Gasteiger partial charge on any atom is -0.263 e. The Kier molecular flexibility index (Phi) is 5.20. The maximum absolute atomic E-state index is 13.5. The van der Waals surface area contributed by atoms with Crippen molar-refractivity contribution < 1.29 is 12.8 Å².